The SMILES string of the molecule is CO[C@H]1[C@H](O[C@H]([C@H]2O[C@@H](n3ccc(=O)[nH]c3=O)[C@H](O)[C@@H]2O)[C@H](NCCCNC(=O)[C@@H](NC(=O)[C@@H](N[C@H](C(=O)O)C(C)C)[C@@H]2CCN=C(N)N2)[C@@H](OC(=O)CCCCCCCCCCCCN=C(N)N)C(C)C)C(=O)O)O[C@H](CN)[C@H]1O. The van der Waals surface area contributed by atoms with Gasteiger partial charge in [-0.1, -0.05) is 79.1 Å². The first-order chi connectivity index (χ1) is 38.5. The fourth-order valence-corrected chi connectivity index (χ4v) is 9.93. The number of unbranched alkanes of at least 4 members (excludes halogenated alkanes) is 9. The highest BCUT2D eigenvalue weighted by Gasteiger charge is 2.54. The van der Waals surface area contributed by atoms with Gasteiger partial charge in [0.2, 0.25) is 11.8 Å². The quantitative estimate of drug-likeness (QED) is 0.0133. The lowest BCUT2D eigenvalue weighted by Gasteiger charge is -2.35. The van der Waals surface area contributed by atoms with Gasteiger partial charge in [-0.3, -0.25) is 53.6 Å². The van der Waals surface area contributed by atoms with Gasteiger partial charge in [-0.2, -0.15) is 0 Å². The molecule has 4 rings (SSSR count). The van der Waals surface area contributed by atoms with Crippen LogP contribution in [0.2, 0.25) is 0 Å². The fourth-order valence-electron chi connectivity index (χ4n) is 9.93. The first-order valence-electron chi connectivity index (χ1n) is 27.9. The summed E-state index contributed by atoms with van der Waals surface area (Å²) in [5.41, 5.74) is 20.8. The number of aliphatic hydroxyl groups excluding tert-OH is 3. The molecule has 1 aromatic rings. The van der Waals surface area contributed by atoms with E-state index in [-0.39, 0.29) is 57.4 Å². The van der Waals surface area contributed by atoms with Gasteiger partial charge in [-0.05, 0) is 44.1 Å². The van der Waals surface area contributed by atoms with Crippen molar-refractivity contribution < 1.29 is 73.2 Å². The van der Waals surface area contributed by atoms with Crippen molar-refractivity contribution in [1.82, 2.24) is 36.1 Å². The van der Waals surface area contributed by atoms with Crippen molar-refractivity contribution in [1.29, 1.82) is 0 Å². The van der Waals surface area contributed by atoms with Crippen LogP contribution in [0, 0.1) is 11.8 Å². The Morgan fingerprint density at radius 1 is 0.840 bits per heavy atom. The van der Waals surface area contributed by atoms with Crippen LogP contribution < -0.4 is 60.8 Å². The molecule has 2 saturated heterocycles. The zero-order chi connectivity index (χ0) is 59.9. The zero-order valence-electron chi connectivity index (χ0n) is 47.0. The number of H-pyrrole nitrogens is 1. The predicted molar refractivity (Wildman–Crippen MR) is 293 cm³/mol. The molecule has 3 aliphatic heterocycles. The van der Waals surface area contributed by atoms with E-state index in [2.05, 4.69) is 36.6 Å². The van der Waals surface area contributed by atoms with Gasteiger partial charge in [0.15, 0.2) is 24.4 Å². The fraction of sp³-hybridized carbons (Fsp3) is 0.784. The number of carboxylic acid groups (broad SMARTS) is 2. The van der Waals surface area contributed by atoms with Gasteiger partial charge in [0.05, 0.1) is 6.04 Å². The topological polar surface area (TPSA) is 476 Å². The van der Waals surface area contributed by atoms with Crippen LogP contribution in [-0.4, -0.2) is 202 Å². The lowest BCUT2D eigenvalue weighted by Crippen LogP contribution is -2.66. The Bertz CT molecular complexity index is 2340. The molecule has 81 heavy (non-hydrogen) atoms. The molecule has 0 unspecified atom stereocenters. The van der Waals surface area contributed by atoms with E-state index < -0.39 is 144 Å². The molecule has 0 aromatic carbocycles. The van der Waals surface area contributed by atoms with Crippen LogP contribution in [0.4, 0.5) is 0 Å². The van der Waals surface area contributed by atoms with Crippen LogP contribution >= 0.6 is 0 Å². The van der Waals surface area contributed by atoms with Crippen molar-refractivity contribution in [2.24, 2.45) is 44.8 Å². The summed E-state index contributed by atoms with van der Waals surface area (Å²) in [4.78, 5) is 103. The van der Waals surface area contributed by atoms with E-state index in [9.17, 15) is 59.1 Å². The average Bonchev–Trinajstić information content (AvgIpc) is 3.87. The lowest BCUT2D eigenvalue weighted by atomic mass is 9.95. The normalized spacial score (nSPS) is 25.0. The molecule has 460 valence electrons. The number of aliphatic imine (C=N–C) groups is 2. The number of nitrogens with zero attached hydrogens (tertiary/aromatic N) is 3. The van der Waals surface area contributed by atoms with E-state index in [4.69, 9.17) is 46.6 Å². The van der Waals surface area contributed by atoms with Gasteiger partial charge in [-0.25, -0.2) is 4.79 Å². The maximum atomic E-state index is 14.5. The third kappa shape index (κ3) is 20.5. The number of nitrogens with two attached hydrogens (primary N) is 4. The number of methoxy groups -OCH3 is 1. The molecule has 0 bridgehead atoms. The van der Waals surface area contributed by atoms with E-state index in [1.165, 1.54) is 7.11 Å². The molecule has 15 atom stereocenters. The molecule has 3 aliphatic rings. The van der Waals surface area contributed by atoms with Gasteiger partial charge in [-0.15, -0.1) is 0 Å². The molecule has 2 amide bonds. The van der Waals surface area contributed by atoms with E-state index in [1.807, 2.05) is 4.98 Å². The van der Waals surface area contributed by atoms with E-state index in [0.717, 1.165) is 74.6 Å². The van der Waals surface area contributed by atoms with Gasteiger partial charge in [0, 0.05) is 52.0 Å². The van der Waals surface area contributed by atoms with Crippen LogP contribution in [0.3, 0.4) is 0 Å². The number of esters is 1. The van der Waals surface area contributed by atoms with Gasteiger partial charge >= 0.3 is 23.6 Å². The largest absolute Gasteiger partial charge is 0.480 e. The van der Waals surface area contributed by atoms with Crippen LogP contribution in [0.25, 0.3) is 0 Å². The molecular formula is C51H89N13O17. The summed E-state index contributed by atoms with van der Waals surface area (Å²) in [5.74, 6) is -5.93. The van der Waals surface area contributed by atoms with Crippen molar-refractivity contribution in [3.8, 4) is 0 Å². The number of carbonyl (C=O) groups excluding carboxylic acids is 3. The van der Waals surface area contributed by atoms with Gasteiger partial charge in [0.25, 0.3) is 5.56 Å². The number of hydrogen-bond acceptors (Lipinski definition) is 22. The van der Waals surface area contributed by atoms with Crippen LogP contribution in [-0.2, 0) is 47.7 Å². The molecule has 0 radical (unpaired) electrons. The highest BCUT2D eigenvalue weighted by Crippen LogP contribution is 2.35. The Hall–Kier alpha value is -5.83. The molecule has 4 heterocycles. The second kappa shape index (κ2) is 33.9. The molecule has 30 nitrogen and oxygen atoms in total. The Labute approximate surface area is 470 Å². The molecular weight excluding hydrogens is 1070 g/mol. The standard InChI is InChI=1S/C51H89N13O17/c1-26(2)32(46(72)73)62-33(28-18-23-59-50(55)60-28)44(71)63-34(39(27(3)4)79-31(66)17-14-12-10-8-6-7-9-11-13-15-20-58-49(53)54)43(70)57-22-16-21-56-35(47(74)75)40(81-48-42(77-5)36(67)29(25-52)78-48)41-37(68)38(69)45(80-41)64-24-19-30(65)61-51(64)76/h19,24,26-29,32-42,45,48,56,62,67-69H,6-18,20-23,25,52H2,1-5H3,(H,57,70)(H,63,71)(H,72,73)(H,74,75)(H4,53,54,58)(H3,55,59,60)(H,61,65,76)/t28-,29+,32-,33-,34-,35-,36+,37-,38+,39-,40-,41-,42+,45+,48-/m0/s1. The predicted octanol–water partition coefficient (Wildman–Crippen LogP) is -3.49. The van der Waals surface area contributed by atoms with Crippen LogP contribution in [0.1, 0.15) is 117 Å². The van der Waals surface area contributed by atoms with Crippen molar-refractivity contribution in [2.75, 3.05) is 39.8 Å². The molecule has 30 heteroatoms. The first-order valence-corrected chi connectivity index (χ1v) is 27.9. The van der Waals surface area contributed by atoms with Crippen molar-refractivity contribution >= 4 is 41.6 Å². The Morgan fingerprint density at radius 2 is 1.48 bits per heavy atom. The van der Waals surface area contributed by atoms with Gasteiger partial charge < -0.3 is 93.4 Å². The first kappa shape index (κ1) is 67.7. The third-order valence-electron chi connectivity index (χ3n) is 14.4. The van der Waals surface area contributed by atoms with Crippen molar-refractivity contribution in [3.63, 3.8) is 0 Å². The highest BCUT2D eigenvalue weighted by atomic mass is 16.7. The third-order valence-corrected chi connectivity index (χ3v) is 14.4. The van der Waals surface area contributed by atoms with Gasteiger partial charge in [0.1, 0.15) is 73.0 Å². The Kier molecular flexibility index (Phi) is 28.4. The smallest absolute Gasteiger partial charge is 0.330 e. The number of aliphatic hydroxyl groups is 3. The number of ether oxygens (including phenoxy) is 5. The lowest BCUT2D eigenvalue weighted by molar-refractivity contribution is -0.231. The van der Waals surface area contributed by atoms with E-state index >= 15 is 0 Å². The van der Waals surface area contributed by atoms with Crippen molar-refractivity contribution in [2.45, 2.75) is 203 Å². The molecule has 0 aliphatic carbocycles. The highest BCUT2D eigenvalue weighted by molar-refractivity contribution is 5.92. The number of aromatic nitrogens is 2. The monoisotopic (exact) mass is 1160 g/mol. The summed E-state index contributed by atoms with van der Waals surface area (Å²) in [6.07, 6.45) is -4.55. The minimum Gasteiger partial charge on any atom is -0.480 e. The zero-order valence-corrected chi connectivity index (χ0v) is 47.0. The molecule has 2 fully saturated rings. The summed E-state index contributed by atoms with van der Waals surface area (Å²) < 4.78 is 30.1. The molecule has 1 aromatic heterocycles. The number of aliphatic carboxylic acids is 2. The number of carboxylic acids is 2. The number of rotatable bonds is 37. The second-order valence-electron chi connectivity index (χ2n) is 21.3. The summed E-state index contributed by atoms with van der Waals surface area (Å²) in [5, 5.41) is 68.4. The van der Waals surface area contributed by atoms with E-state index in [1.54, 1.807) is 27.7 Å². The molecule has 19 N–H and O–H groups in total. The van der Waals surface area contributed by atoms with Crippen LogP contribution in [0.15, 0.2) is 31.8 Å². The molecule has 0 saturated carbocycles. The number of nitrogens with one attached hydrogen (secondary N) is 6. The summed E-state index contributed by atoms with van der Waals surface area (Å²) >= 11 is 0. The van der Waals surface area contributed by atoms with Crippen molar-refractivity contribution in [3.05, 3.63) is 33.1 Å². The average molecular weight is 1160 g/mol. The maximum absolute atomic E-state index is 14.5. The summed E-state index contributed by atoms with van der Waals surface area (Å²) in [7, 11) is 1.24. The Balaban J connectivity index is 1.51. The number of aromatic amines is 1. The minimum absolute atomic E-state index is 0.0140. The van der Waals surface area contributed by atoms with E-state index in [0.29, 0.717) is 13.0 Å². The number of guanidine groups is 2. The number of carbonyl (C=O) groups is 5. The van der Waals surface area contributed by atoms with Crippen LogP contribution in [0.5, 0.6) is 0 Å². The maximum Gasteiger partial charge on any atom is 0.330 e. The molecule has 0 spiro atoms. The minimum atomic E-state index is -1.92. The Morgan fingerprint density at radius 3 is 2.05 bits per heavy atom. The summed E-state index contributed by atoms with van der Waals surface area (Å²) in [6, 6.07) is -5.68. The number of amides is 2. The summed E-state index contributed by atoms with van der Waals surface area (Å²) in [6.45, 7) is 6.98. The second-order valence-corrected chi connectivity index (χ2v) is 21.3. The number of hydrogen-bond donors (Lipinski definition) is 15.